The number of likely N-dealkylation sites (tertiary alicyclic amines) is 1. The SMILES string of the molecule is Cc1ccc(-n2nnc(-c3nc(C)c(C(=O)N4CCC(C(N)=O)CC4)s3)c2C)cc1C. The molecule has 3 heterocycles. The third-order valence-electron chi connectivity index (χ3n) is 6.01. The van der Waals surface area contributed by atoms with Crippen molar-refractivity contribution in [3.8, 4) is 16.4 Å². The summed E-state index contributed by atoms with van der Waals surface area (Å²) in [6, 6.07) is 6.17. The summed E-state index contributed by atoms with van der Waals surface area (Å²) in [4.78, 5) is 31.4. The summed E-state index contributed by atoms with van der Waals surface area (Å²) in [6.45, 7) is 9.00. The number of benzene rings is 1. The van der Waals surface area contributed by atoms with Crippen molar-refractivity contribution >= 4 is 23.2 Å². The van der Waals surface area contributed by atoms with Gasteiger partial charge in [-0.15, -0.1) is 16.4 Å². The highest BCUT2D eigenvalue weighted by Gasteiger charge is 2.29. The van der Waals surface area contributed by atoms with E-state index in [1.54, 1.807) is 9.58 Å². The lowest BCUT2D eigenvalue weighted by atomic mass is 9.96. The summed E-state index contributed by atoms with van der Waals surface area (Å²) in [6.07, 6.45) is 1.21. The molecule has 0 atom stereocenters. The zero-order valence-corrected chi connectivity index (χ0v) is 19.0. The van der Waals surface area contributed by atoms with Gasteiger partial charge in [-0.3, -0.25) is 9.59 Å². The third-order valence-corrected chi connectivity index (χ3v) is 7.16. The highest BCUT2D eigenvalue weighted by molar-refractivity contribution is 7.17. The van der Waals surface area contributed by atoms with Crippen LogP contribution in [0.5, 0.6) is 0 Å². The Morgan fingerprint density at radius 1 is 1.10 bits per heavy atom. The van der Waals surface area contributed by atoms with Crippen LogP contribution < -0.4 is 5.73 Å². The third kappa shape index (κ3) is 3.97. The molecule has 1 aromatic carbocycles. The molecule has 0 aliphatic carbocycles. The molecular formula is C22H26N6O2S. The van der Waals surface area contributed by atoms with Gasteiger partial charge in [0.05, 0.1) is 17.1 Å². The topological polar surface area (TPSA) is 107 Å². The highest BCUT2D eigenvalue weighted by Crippen LogP contribution is 2.31. The molecule has 0 unspecified atom stereocenters. The average molecular weight is 439 g/mol. The Hall–Kier alpha value is -3.07. The molecule has 1 saturated heterocycles. The van der Waals surface area contributed by atoms with Gasteiger partial charge < -0.3 is 10.6 Å². The van der Waals surface area contributed by atoms with E-state index in [9.17, 15) is 9.59 Å². The van der Waals surface area contributed by atoms with Crippen LogP contribution in [0, 0.1) is 33.6 Å². The van der Waals surface area contributed by atoms with Crippen LogP contribution in [-0.2, 0) is 4.79 Å². The number of primary amides is 1. The minimum absolute atomic E-state index is 0.0524. The van der Waals surface area contributed by atoms with Crippen molar-refractivity contribution in [2.24, 2.45) is 11.7 Å². The number of nitrogens with zero attached hydrogens (tertiary/aromatic N) is 5. The molecule has 0 radical (unpaired) electrons. The van der Waals surface area contributed by atoms with Crippen LogP contribution in [0.25, 0.3) is 16.4 Å². The number of rotatable bonds is 4. The standard InChI is InChI=1S/C22H26N6O2S/c1-12-5-6-17(11-13(12)2)28-15(4)18(25-26-28)21-24-14(3)19(31-21)22(30)27-9-7-16(8-10-27)20(23)29/h5-6,11,16H,7-10H2,1-4H3,(H2,23,29). The van der Waals surface area contributed by atoms with Gasteiger partial charge in [0, 0.05) is 19.0 Å². The Morgan fingerprint density at radius 2 is 1.81 bits per heavy atom. The Balaban J connectivity index is 1.58. The van der Waals surface area contributed by atoms with Crippen molar-refractivity contribution in [2.45, 2.75) is 40.5 Å². The predicted molar refractivity (Wildman–Crippen MR) is 119 cm³/mol. The first kappa shape index (κ1) is 21.2. The van der Waals surface area contributed by atoms with Crippen LogP contribution in [0.2, 0.25) is 0 Å². The second kappa shape index (κ2) is 8.22. The van der Waals surface area contributed by atoms with E-state index < -0.39 is 0 Å². The number of hydrogen-bond donors (Lipinski definition) is 1. The lowest BCUT2D eigenvalue weighted by Gasteiger charge is -2.30. The molecule has 8 nitrogen and oxygen atoms in total. The van der Waals surface area contributed by atoms with E-state index in [0.29, 0.717) is 47.2 Å². The molecule has 1 aliphatic heterocycles. The monoisotopic (exact) mass is 438 g/mol. The van der Waals surface area contributed by atoms with Crippen LogP contribution >= 0.6 is 11.3 Å². The van der Waals surface area contributed by atoms with E-state index in [2.05, 4.69) is 41.3 Å². The molecule has 162 valence electrons. The summed E-state index contributed by atoms with van der Waals surface area (Å²) < 4.78 is 1.80. The van der Waals surface area contributed by atoms with Crippen LogP contribution in [0.3, 0.4) is 0 Å². The quantitative estimate of drug-likeness (QED) is 0.674. The minimum atomic E-state index is -0.286. The lowest BCUT2D eigenvalue weighted by Crippen LogP contribution is -2.41. The molecule has 31 heavy (non-hydrogen) atoms. The fourth-order valence-electron chi connectivity index (χ4n) is 3.84. The molecule has 2 amide bonds. The highest BCUT2D eigenvalue weighted by atomic mass is 32.1. The smallest absolute Gasteiger partial charge is 0.265 e. The summed E-state index contributed by atoms with van der Waals surface area (Å²) in [5, 5.41) is 9.36. The van der Waals surface area contributed by atoms with Gasteiger partial charge in [0.2, 0.25) is 5.91 Å². The fourth-order valence-corrected chi connectivity index (χ4v) is 4.91. The average Bonchev–Trinajstić information content (AvgIpc) is 3.32. The number of piperidine rings is 1. The number of carbonyl (C=O) groups excluding carboxylic acids is 2. The van der Waals surface area contributed by atoms with Crippen molar-refractivity contribution in [1.29, 1.82) is 0 Å². The Labute approximate surface area is 185 Å². The van der Waals surface area contributed by atoms with E-state index in [1.165, 1.54) is 22.5 Å². The first-order valence-corrected chi connectivity index (χ1v) is 11.1. The van der Waals surface area contributed by atoms with Gasteiger partial charge in [-0.05, 0) is 63.8 Å². The number of aryl methyl sites for hydroxylation is 3. The summed E-state index contributed by atoms with van der Waals surface area (Å²) in [5.74, 6) is -0.487. The molecule has 0 spiro atoms. The van der Waals surface area contributed by atoms with Crippen LogP contribution in [0.15, 0.2) is 18.2 Å². The molecule has 1 aliphatic rings. The van der Waals surface area contributed by atoms with Crippen LogP contribution in [-0.4, -0.2) is 49.8 Å². The van der Waals surface area contributed by atoms with E-state index >= 15 is 0 Å². The zero-order chi connectivity index (χ0) is 22.3. The molecular weight excluding hydrogens is 412 g/mol. The maximum absolute atomic E-state index is 13.1. The Morgan fingerprint density at radius 3 is 2.45 bits per heavy atom. The van der Waals surface area contributed by atoms with E-state index in [4.69, 9.17) is 5.73 Å². The van der Waals surface area contributed by atoms with Gasteiger partial charge >= 0.3 is 0 Å². The second-order valence-corrected chi connectivity index (χ2v) is 9.11. The first-order valence-electron chi connectivity index (χ1n) is 10.3. The normalized spacial score (nSPS) is 14.8. The number of aromatic nitrogens is 4. The summed E-state index contributed by atoms with van der Waals surface area (Å²) in [5.41, 5.74) is 11.0. The molecule has 2 aromatic heterocycles. The molecule has 9 heteroatoms. The maximum Gasteiger partial charge on any atom is 0.265 e. The molecule has 3 aromatic rings. The van der Waals surface area contributed by atoms with Gasteiger partial charge in [0.15, 0.2) is 0 Å². The maximum atomic E-state index is 13.1. The Bertz CT molecular complexity index is 1160. The van der Waals surface area contributed by atoms with Gasteiger partial charge in [-0.1, -0.05) is 11.3 Å². The van der Waals surface area contributed by atoms with E-state index in [0.717, 1.165) is 11.4 Å². The van der Waals surface area contributed by atoms with E-state index in [-0.39, 0.29) is 17.7 Å². The Kier molecular flexibility index (Phi) is 5.62. The van der Waals surface area contributed by atoms with Crippen molar-refractivity contribution in [3.63, 3.8) is 0 Å². The zero-order valence-electron chi connectivity index (χ0n) is 18.2. The molecule has 0 bridgehead atoms. The number of thiazole rings is 1. The van der Waals surface area contributed by atoms with Gasteiger partial charge in [0.25, 0.3) is 5.91 Å². The van der Waals surface area contributed by atoms with Gasteiger partial charge in [0.1, 0.15) is 15.6 Å². The van der Waals surface area contributed by atoms with Gasteiger partial charge in [-0.25, -0.2) is 9.67 Å². The first-order chi connectivity index (χ1) is 14.8. The second-order valence-electron chi connectivity index (χ2n) is 8.11. The summed E-state index contributed by atoms with van der Waals surface area (Å²) in [7, 11) is 0. The molecule has 0 saturated carbocycles. The minimum Gasteiger partial charge on any atom is -0.369 e. The van der Waals surface area contributed by atoms with Crippen LogP contribution in [0.1, 0.15) is 45.0 Å². The molecule has 1 fully saturated rings. The number of hydrogen-bond acceptors (Lipinski definition) is 6. The van der Waals surface area contributed by atoms with Crippen LogP contribution in [0.4, 0.5) is 0 Å². The van der Waals surface area contributed by atoms with Crippen molar-refractivity contribution in [3.05, 3.63) is 45.6 Å². The molecule has 4 rings (SSSR count). The number of nitrogens with two attached hydrogens (primary N) is 1. The van der Waals surface area contributed by atoms with Crippen molar-refractivity contribution in [2.75, 3.05) is 13.1 Å². The van der Waals surface area contributed by atoms with E-state index in [1.807, 2.05) is 19.9 Å². The molecule has 2 N–H and O–H groups in total. The van der Waals surface area contributed by atoms with Crippen molar-refractivity contribution in [1.82, 2.24) is 24.9 Å². The lowest BCUT2D eigenvalue weighted by molar-refractivity contribution is -0.123. The number of amides is 2. The van der Waals surface area contributed by atoms with Gasteiger partial charge in [-0.2, -0.15) is 0 Å². The largest absolute Gasteiger partial charge is 0.369 e. The number of carbonyl (C=O) groups is 2. The predicted octanol–water partition coefficient (Wildman–Crippen LogP) is 2.96. The fraction of sp³-hybridized carbons (Fsp3) is 0.409. The summed E-state index contributed by atoms with van der Waals surface area (Å²) >= 11 is 1.34. The van der Waals surface area contributed by atoms with Crippen molar-refractivity contribution < 1.29 is 9.59 Å².